The van der Waals surface area contributed by atoms with E-state index in [9.17, 15) is 24.3 Å². The van der Waals surface area contributed by atoms with E-state index in [1.165, 1.54) is 24.1 Å². The van der Waals surface area contributed by atoms with Gasteiger partial charge in [0.2, 0.25) is 17.7 Å². The molecule has 1 aliphatic heterocycles. The topological polar surface area (TPSA) is 146 Å². The highest BCUT2D eigenvalue weighted by atomic mass is 16.6. The third-order valence-corrected chi connectivity index (χ3v) is 9.58. The number of rotatable bonds is 12. The molecule has 1 aliphatic rings. The van der Waals surface area contributed by atoms with Gasteiger partial charge in [0.05, 0.1) is 18.2 Å². The van der Waals surface area contributed by atoms with E-state index < -0.39 is 59.1 Å². The van der Waals surface area contributed by atoms with Gasteiger partial charge >= 0.3 is 12.1 Å². The van der Waals surface area contributed by atoms with Crippen LogP contribution in [0.15, 0.2) is 78.9 Å². The quantitative estimate of drug-likeness (QED) is 0.236. The Balaban J connectivity index is 1.75. The van der Waals surface area contributed by atoms with E-state index in [1.54, 1.807) is 56.7 Å². The highest BCUT2D eigenvalue weighted by Gasteiger charge is 2.45. The van der Waals surface area contributed by atoms with Crippen molar-refractivity contribution in [1.82, 2.24) is 20.0 Å². The van der Waals surface area contributed by atoms with Gasteiger partial charge in [-0.25, -0.2) is 9.59 Å². The molecule has 54 heavy (non-hydrogen) atoms. The lowest BCUT2D eigenvalue weighted by atomic mass is 9.84. The van der Waals surface area contributed by atoms with Gasteiger partial charge in [0.25, 0.3) is 0 Å². The average Bonchev–Trinajstić information content (AvgIpc) is 3.12. The van der Waals surface area contributed by atoms with Gasteiger partial charge in [0.1, 0.15) is 23.7 Å². The molecule has 3 aromatic carbocycles. The lowest BCUT2D eigenvalue weighted by Crippen LogP contribution is -2.62. The lowest BCUT2D eigenvalue weighted by molar-refractivity contribution is -0.153. The van der Waals surface area contributed by atoms with Crippen molar-refractivity contribution in [3.05, 3.63) is 107 Å². The molecule has 12 nitrogen and oxygen atoms in total. The Hall–Kier alpha value is -5.23. The molecule has 0 radical (unpaired) electrons. The molecule has 0 bridgehead atoms. The highest BCUT2D eigenvalue weighted by molar-refractivity contribution is 5.95. The molecule has 0 saturated heterocycles. The van der Waals surface area contributed by atoms with Crippen LogP contribution < -0.4 is 5.32 Å². The maximum Gasteiger partial charge on any atom is 0.410 e. The van der Waals surface area contributed by atoms with Gasteiger partial charge in [-0.1, -0.05) is 87.5 Å². The summed E-state index contributed by atoms with van der Waals surface area (Å²) in [5, 5.41) is 12.4. The predicted octanol–water partition coefficient (Wildman–Crippen LogP) is 5.84. The van der Waals surface area contributed by atoms with Gasteiger partial charge in [-0.15, -0.1) is 0 Å². The molecule has 1 heterocycles. The summed E-state index contributed by atoms with van der Waals surface area (Å²) in [6.07, 6.45) is -0.449. The molecule has 4 amide bonds. The third kappa shape index (κ3) is 10.2. The van der Waals surface area contributed by atoms with Crippen molar-refractivity contribution in [2.24, 2.45) is 5.41 Å². The molecule has 12 heteroatoms. The van der Waals surface area contributed by atoms with E-state index in [0.717, 1.165) is 16.7 Å². The summed E-state index contributed by atoms with van der Waals surface area (Å²) in [7, 11) is 3.03. The summed E-state index contributed by atoms with van der Waals surface area (Å²) in [6, 6.07) is 19.9. The lowest BCUT2D eigenvalue weighted by Gasteiger charge is -2.44. The molecule has 3 unspecified atom stereocenters. The Morgan fingerprint density at radius 2 is 1.48 bits per heavy atom. The minimum Gasteiger partial charge on any atom is -0.478 e. The molecule has 290 valence electrons. The first-order valence-electron chi connectivity index (χ1n) is 18.1. The minimum absolute atomic E-state index is 0.107. The van der Waals surface area contributed by atoms with Gasteiger partial charge in [0.15, 0.2) is 0 Å². The molecule has 4 rings (SSSR count). The number of carboxylic acids is 1. The van der Waals surface area contributed by atoms with Crippen LogP contribution in [0.4, 0.5) is 4.79 Å². The molecular formula is C42H54N4O8. The molecular weight excluding hydrogens is 688 g/mol. The van der Waals surface area contributed by atoms with Crippen LogP contribution in [-0.2, 0) is 43.4 Å². The Bertz CT molecular complexity index is 1800. The fourth-order valence-electron chi connectivity index (χ4n) is 6.40. The molecule has 0 spiro atoms. The predicted molar refractivity (Wildman–Crippen MR) is 204 cm³/mol. The number of nitrogens with zero attached hydrogens (tertiary/aromatic N) is 3. The molecule has 0 saturated carbocycles. The zero-order valence-corrected chi connectivity index (χ0v) is 32.8. The molecule has 0 fully saturated rings. The van der Waals surface area contributed by atoms with Crippen LogP contribution in [-0.4, -0.2) is 94.1 Å². The highest BCUT2D eigenvalue weighted by Crippen LogP contribution is 2.32. The SMILES string of the molecule is COC[C@@H](c1ccccc1)N(Cc1ccc(C(=O)O)cc1)C(=O)C1Cc2ccccc2CN1C(=O)C(NC(=O)C(C)N(C)C(=O)OC(C)(C)C)C(C)(C)C. The van der Waals surface area contributed by atoms with Crippen LogP contribution in [0.3, 0.4) is 0 Å². The van der Waals surface area contributed by atoms with Crippen molar-refractivity contribution >= 4 is 29.8 Å². The number of benzene rings is 3. The van der Waals surface area contributed by atoms with E-state index in [4.69, 9.17) is 9.47 Å². The number of methoxy groups -OCH3 is 1. The Labute approximate surface area is 318 Å². The van der Waals surface area contributed by atoms with E-state index in [2.05, 4.69) is 5.32 Å². The second-order valence-corrected chi connectivity index (χ2v) is 15.9. The van der Waals surface area contributed by atoms with Gasteiger partial charge in [-0.05, 0) is 67.5 Å². The zero-order valence-electron chi connectivity index (χ0n) is 32.8. The maximum absolute atomic E-state index is 15.2. The second-order valence-electron chi connectivity index (χ2n) is 15.9. The fraction of sp³-hybridized carbons (Fsp3) is 0.452. The summed E-state index contributed by atoms with van der Waals surface area (Å²) >= 11 is 0. The number of hydrogen-bond acceptors (Lipinski definition) is 7. The molecule has 0 aromatic heterocycles. The van der Waals surface area contributed by atoms with Gasteiger partial charge in [-0.2, -0.15) is 0 Å². The van der Waals surface area contributed by atoms with Crippen molar-refractivity contribution < 1.29 is 38.6 Å². The summed E-state index contributed by atoms with van der Waals surface area (Å²) < 4.78 is 11.1. The van der Waals surface area contributed by atoms with Crippen molar-refractivity contribution in [3.8, 4) is 0 Å². The Morgan fingerprint density at radius 1 is 0.889 bits per heavy atom. The zero-order chi connectivity index (χ0) is 40.0. The Morgan fingerprint density at radius 3 is 2.04 bits per heavy atom. The first kappa shape index (κ1) is 41.5. The van der Waals surface area contributed by atoms with Crippen LogP contribution in [0.5, 0.6) is 0 Å². The van der Waals surface area contributed by atoms with Crippen molar-refractivity contribution in [3.63, 3.8) is 0 Å². The fourth-order valence-corrected chi connectivity index (χ4v) is 6.40. The summed E-state index contributed by atoms with van der Waals surface area (Å²) in [5.41, 5.74) is 1.90. The first-order valence-corrected chi connectivity index (χ1v) is 18.1. The standard InChI is InChI=1S/C42H54N4O8/c1-27(44(8)40(52)54-42(5,6)7)36(47)43-35(41(2,3)4)38(49)46-25-32-18-14-13-17-31(32)23-33(46)37(48)45(24-28-19-21-30(22-20-28)39(50)51)34(26-53-9)29-15-11-10-12-16-29/h10-22,27,33-35H,23-26H2,1-9H3,(H,43,47)(H,50,51)/t27?,33?,34-,35?/m0/s1. The van der Waals surface area contributed by atoms with E-state index in [0.29, 0.717) is 5.56 Å². The number of carbonyl (C=O) groups excluding carboxylic acids is 4. The minimum atomic E-state index is -1.07. The number of likely N-dealkylation sites (N-methyl/N-ethyl adjacent to an activating group) is 1. The van der Waals surface area contributed by atoms with Crippen molar-refractivity contribution in [2.45, 2.75) is 97.7 Å². The molecule has 2 N–H and O–H groups in total. The largest absolute Gasteiger partial charge is 0.478 e. The van der Waals surface area contributed by atoms with Gasteiger partial charge in [-0.3, -0.25) is 19.3 Å². The monoisotopic (exact) mass is 742 g/mol. The number of fused-ring (bicyclic) bond motifs is 1. The number of carbonyl (C=O) groups is 5. The van der Waals surface area contributed by atoms with E-state index >= 15 is 4.79 Å². The molecule has 4 atom stereocenters. The molecule has 3 aromatic rings. The van der Waals surface area contributed by atoms with Crippen LogP contribution in [0, 0.1) is 5.41 Å². The second kappa shape index (κ2) is 17.3. The smallest absolute Gasteiger partial charge is 0.410 e. The van der Waals surface area contributed by atoms with Crippen LogP contribution in [0.2, 0.25) is 0 Å². The van der Waals surface area contributed by atoms with Crippen molar-refractivity contribution in [2.75, 3.05) is 20.8 Å². The Kier molecular flexibility index (Phi) is 13.3. The first-order chi connectivity index (χ1) is 25.3. The number of amides is 4. The number of aromatic carboxylic acids is 1. The summed E-state index contributed by atoms with van der Waals surface area (Å²) in [5.74, 6) is -2.38. The third-order valence-electron chi connectivity index (χ3n) is 9.58. The van der Waals surface area contributed by atoms with Gasteiger partial charge < -0.3 is 29.7 Å². The average molecular weight is 743 g/mol. The molecule has 0 aliphatic carbocycles. The van der Waals surface area contributed by atoms with E-state index in [-0.39, 0.29) is 37.6 Å². The van der Waals surface area contributed by atoms with E-state index in [1.807, 2.05) is 75.4 Å². The summed E-state index contributed by atoms with van der Waals surface area (Å²) in [6.45, 7) is 12.7. The van der Waals surface area contributed by atoms with Crippen LogP contribution >= 0.6 is 0 Å². The number of ether oxygens (including phenoxy) is 2. The maximum atomic E-state index is 15.2. The normalized spacial score (nSPS) is 15.9. The number of carboxylic acid groups (broad SMARTS) is 1. The van der Waals surface area contributed by atoms with Gasteiger partial charge in [0, 0.05) is 33.7 Å². The van der Waals surface area contributed by atoms with Crippen LogP contribution in [0.1, 0.15) is 87.1 Å². The number of nitrogens with one attached hydrogen (secondary N) is 1. The van der Waals surface area contributed by atoms with Crippen LogP contribution in [0.25, 0.3) is 0 Å². The summed E-state index contributed by atoms with van der Waals surface area (Å²) in [4.78, 5) is 72.7. The number of hydrogen-bond donors (Lipinski definition) is 2. The van der Waals surface area contributed by atoms with Crippen molar-refractivity contribution in [1.29, 1.82) is 0 Å².